The summed E-state index contributed by atoms with van der Waals surface area (Å²) in [6.07, 6.45) is 1.39. The largest absolute Gasteiger partial charge is 0.508 e. The van der Waals surface area contributed by atoms with Crippen molar-refractivity contribution in [3.05, 3.63) is 78.4 Å². The molecule has 2 aliphatic heterocycles. The Balaban J connectivity index is 1.41. The maximum Gasteiger partial charge on any atom is 0.246 e. The fourth-order valence-corrected chi connectivity index (χ4v) is 4.38. The van der Waals surface area contributed by atoms with Crippen LogP contribution < -0.4 is 0 Å². The van der Waals surface area contributed by atoms with Crippen molar-refractivity contribution in [1.29, 1.82) is 0 Å². The smallest absolute Gasteiger partial charge is 0.246 e. The molecule has 2 aliphatic rings. The van der Waals surface area contributed by atoms with Crippen LogP contribution >= 0.6 is 0 Å². The zero-order valence-electron chi connectivity index (χ0n) is 15.6. The molecule has 1 saturated heterocycles. The Hall–Kier alpha value is -3.11. The lowest BCUT2D eigenvalue weighted by Gasteiger charge is -2.43. The predicted octanol–water partition coefficient (Wildman–Crippen LogP) is 3.92. The molecular weight excluding hydrogens is 348 g/mol. The quantitative estimate of drug-likeness (QED) is 0.711. The van der Waals surface area contributed by atoms with Crippen LogP contribution in [0.5, 0.6) is 5.75 Å². The number of hydrogen-bond donors (Lipinski definition) is 1. The number of rotatable bonds is 3. The Labute approximate surface area is 164 Å². The van der Waals surface area contributed by atoms with Gasteiger partial charge in [-0.15, -0.1) is 0 Å². The van der Waals surface area contributed by atoms with Gasteiger partial charge in [0.2, 0.25) is 5.91 Å². The summed E-state index contributed by atoms with van der Waals surface area (Å²) in [5, 5.41) is 12.4. The first-order valence-corrected chi connectivity index (χ1v) is 9.62. The van der Waals surface area contributed by atoms with E-state index in [0.29, 0.717) is 6.04 Å². The van der Waals surface area contributed by atoms with E-state index in [0.717, 1.165) is 48.1 Å². The first kappa shape index (κ1) is 17.0. The molecule has 0 saturated carbocycles. The van der Waals surface area contributed by atoms with E-state index in [1.807, 2.05) is 29.2 Å². The molecule has 28 heavy (non-hydrogen) atoms. The second kappa shape index (κ2) is 6.50. The van der Waals surface area contributed by atoms with Gasteiger partial charge >= 0.3 is 0 Å². The topological polar surface area (TPSA) is 43.8 Å². The van der Waals surface area contributed by atoms with E-state index in [4.69, 9.17) is 0 Å². The lowest BCUT2D eigenvalue weighted by Crippen LogP contribution is -2.59. The first-order valence-electron chi connectivity index (χ1n) is 9.62. The van der Waals surface area contributed by atoms with Gasteiger partial charge in [-0.25, -0.2) is 0 Å². The van der Waals surface area contributed by atoms with Gasteiger partial charge in [0.05, 0.1) is 0 Å². The second-order valence-corrected chi connectivity index (χ2v) is 7.70. The highest BCUT2D eigenvalue weighted by Crippen LogP contribution is 2.36. The normalized spacial score (nSPS) is 16.8. The molecule has 4 heteroatoms. The van der Waals surface area contributed by atoms with E-state index in [2.05, 4.69) is 35.7 Å². The third kappa shape index (κ3) is 2.77. The van der Waals surface area contributed by atoms with E-state index < -0.39 is 0 Å². The highest BCUT2D eigenvalue weighted by atomic mass is 16.3. The lowest BCUT2D eigenvalue weighted by atomic mass is 9.95. The van der Waals surface area contributed by atoms with Crippen molar-refractivity contribution >= 4 is 16.7 Å². The van der Waals surface area contributed by atoms with Crippen LogP contribution in [0.25, 0.3) is 21.9 Å². The number of phenolic OH excluding ortho intramolecular Hbond substituents is 1. The molecule has 4 nitrogen and oxygen atoms in total. The number of carbonyl (C=O) groups excluding carboxylic acids is 1. The van der Waals surface area contributed by atoms with Crippen molar-refractivity contribution in [3.63, 3.8) is 0 Å². The van der Waals surface area contributed by atoms with Crippen molar-refractivity contribution in [2.45, 2.75) is 19.1 Å². The maximum absolute atomic E-state index is 11.7. The number of likely N-dealkylation sites (tertiary alicyclic amines) is 1. The Morgan fingerprint density at radius 3 is 2.64 bits per heavy atom. The van der Waals surface area contributed by atoms with Crippen molar-refractivity contribution in [3.8, 4) is 16.9 Å². The van der Waals surface area contributed by atoms with Crippen LogP contribution in [0.4, 0.5) is 0 Å². The lowest BCUT2D eigenvalue weighted by molar-refractivity contribution is -0.133. The molecule has 0 spiro atoms. The molecule has 0 bridgehead atoms. The van der Waals surface area contributed by atoms with E-state index in [9.17, 15) is 9.90 Å². The molecule has 1 N–H and O–H groups in total. The minimum Gasteiger partial charge on any atom is -0.508 e. The van der Waals surface area contributed by atoms with E-state index >= 15 is 0 Å². The Morgan fingerprint density at radius 1 is 1.04 bits per heavy atom. The zero-order valence-corrected chi connectivity index (χ0v) is 15.6. The Bertz CT molecular complexity index is 1100. The second-order valence-electron chi connectivity index (χ2n) is 7.70. The summed E-state index contributed by atoms with van der Waals surface area (Å²) in [5.41, 5.74) is 4.87. The summed E-state index contributed by atoms with van der Waals surface area (Å²) >= 11 is 0. The SMILES string of the molecule is C=CC(=O)N1CC(N2Cc3ccc(-c4cc(O)cc5ccccc45)cc3C2)C1. The number of phenols is 1. The van der Waals surface area contributed by atoms with Gasteiger partial charge in [0.1, 0.15) is 5.75 Å². The van der Waals surface area contributed by atoms with Crippen molar-refractivity contribution in [2.24, 2.45) is 0 Å². The first-order chi connectivity index (χ1) is 13.6. The van der Waals surface area contributed by atoms with Crippen LogP contribution in [-0.2, 0) is 17.9 Å². The molecule has 0 aliphatic carbocycles. The van der Waals surface area contributed by atoms with E-state index in [1.165, 1.54) is 17.2 Å². The van der Waals surface area contributed by atoms with Crippen molar-refractivity contribution in [1.82, 2.24) is 9.80 Å². The summed E-state index contributed by atoms with van der Waals surface area (Å²) in [7, 11) is 0. The monoisotopic (exact) mass is 370 g/mol. The van der Waals surface area contributed by atoms with Crippen LogP contribution in [-0.4, -0.2) is 39.9 Å². The van der Waals surface area contributed by atoms with Gasteiger partial charge in [0.25, 0.3) is 0 Å². The van der Waals surface area contributed by atoms with Gasteiger partial charge in [-0.3, -0.25) is 9.69 Å². The van der Waals surface area contributed by atoms with Crippen molar-refractivity contribution in [2.75, 3.05) is 13.1 Å². The molecule has 3 aromatic carbocycles. The van der Waals surface area contributed by atoms with E-state index in [-0.39, 0.29) is 11.7 Å². The zero-order chi connectivity index (χ0) is 19.3. The van der Waals surface area contributed by atoms with Gasteiger partial charge in [-0.1, -0.05) is 43.0 Å². The fourth-order valence-electron chi connectivity index (χ4n) is 4.38. The number of aromatic hydroxyl groups is 1. The minimum atomic E-state index is 0.0195. The molecule has 140 valence electrons. The molecule has 5 rings (SSSR count). The number of fused-ring (bicyclic) bond motifs is 2. The van der Waals surface area contributed by atoms with E-state index in [1.54, 1.807) is 6.07 Å². The number of hydrogen-bond acceptors (Lipinski definition) is 3. The maximum atomic E-state index is 11.7. The molecular formula is C24H22N2O2. The van der Waals surface area contributed by atoms with Crippen LogP contribution in [0.2, 0.25) is 0 Å². The fraction of sp³-hybridized carbons (Fsp3) is 0.208. The number of benzene rings is 3. The van der Waals surface area contributed by atoms with Crippen LogP contribution in [0.15, 0.2) is 67.3 Å². The van der Waals surface area contributed by atoms with Gasteiger partial charge in [0.15, 0.2) is 0 Å². The molecule has 0 unspecified atom stereocenters. The molecule has 0 aromatic heterocycles. The average Bonchev–Trinajstić information content (AvgIpc) is 3.08. The summed E-state index contributed by atoms with van der Waals surface area (Å²) < 4.78 is 0. The molecule has 1 fully saturated rings. The van der Waals surface area contributed by atoms with Gasteiger partial charge in [0, 0.05) is 32.2 Å². The van der Waals surface area contributed by atoms with Crippen LogP contribution in [0.3, 0.4) is 0 Å². The van der Waals surface area contributed by atoms with Gasteiger partial charge in [-0.2, -0.15) is 0 Å². The van der Waals surface area contributed by atoms with Crippen LogP contribution in [0.1, 0.15) is 11.1 Å². The van der Waals surface area contributed by atoms with Crippen LogP contribution in [0, 0.1) is 0 Å². The summed E-state index contributed by atoms with van der Waals surface area (Å²) in [6, 6.07) is 18.8. The minimum absolute atomic E-state index is 0.0195. The highest BCUT2D eigenvalue weighted by molar-refractivity contribution is 5.98. The standard InChI is InChI=1S/C24H22N2O2/c1-2-24(28)26-14-20(15-26)25-12-18-8-7-17(9-19(18)13-25)23-11-21(27)10-16-5-3-4-6-22(16)23/h2-11,20,27H,1,12-15H2. The number of amides is 1. The van der Waals surface area contributed by atoms with Gasteiger partial charge < -0.3 is 10.0 Å². The Kier molecular flexibility index (Phi) is 3.95. The summed E-state index contributed by atoms with van der Waals surface area (Å²) in [6.45, 7) is 6.95. The highest BCUT2D eigenvalue weighted by Gasteiger charge is 2.36. The third-order valence-electron chi connectivity index (χ3n) is 5.98. The molecule has 2 heterocycles. The summed E-state index contributed by atoms with van der Waals surface area (Å²) in [5.74, 6) is 0.309. The summed E-state index contributed by atoms with van der Waals surface area (Å²) in [4.78, 5) is 16.0. The Morgan fingerprint density at radius 2 is 1.82 bits per heavy atom. The number of carbonyl (C=O) groups is 1. The average molecular weight is 370 g/mol. The molecule has 3 aromatic rings. The van der Waals surface area contributed by atoms with Gasteiger partial charge in [-0.05, 0) is 57.3 Å². The predicted molar refractivity (Wildman–Crippen MR) is 111 cm³/mol. The molecule has 0 radical (unpaired) electrons. The molecule has 1 amide bonds. The number of nitrogens with zero attached hydrogens (tertiary/aromatic N) is 2. The van der Waals surface area contributed by atoms with Crippen molar-refractivity contribution < 1.29 is 9.90 Å². The third-order valence-corrected chi connectivity index (χ3v) is 5.98. The molecule has 0 atom stereocenters.